The molecule has 0 spiro atoms. The van der Waals surface area contributed by atoms with E-state index in [4.69, 9.17) is 9.98 Å². The minimum Gasteiger partial charge on any atom is -0.328 e. The second-order valence-corrected chi connectivity index (χ2v) is 13.1. The summed E-state index contributed by atoms with van der Waals surface area (Å²) in [6.07, 6.45) is 20.6. The highest BCUT2D eigenvalue weighted by Crippen LogP contribution is 2.55. The maximum Gasteiger partial charge on any atom is 0.288 e. The fourth-order valence-corrected chi connectivity index (χ4v) is 8.55. The molecular formula is C32H44N5+. The smallest absolute Gasteiger partial charge is 0.288 e. The van der Waals surface area contributed by atoms with E-state index in [1.54, 1.807) is 0 Å². The molecule has 0 saturated heterocycles. The molecule has 1 aliphatic heterocycles. The van der Waals surface area contributed by atoms with Crippen molar-refractivity contribution in [2.75, 3.05) is 0 Å². The molecule has 37 heavy (non-hydrogen) atoms. The number of hydrogen-bond acceptors (Lipinski definition) is 3. The zero-order valence-corrected chi connectivity index (χ0v) is 23.1. The number of aryl methyl sites for hydroxylation is 3. The molecule has 0 amide bonds. The van der Waals surface area contributed by atoms with Crippen LogP contribution in [0.1, 0.15) is 95.1 Å². The van der Waals surface area contributed by atoms with Gasteiger partial charge in [0.05, 0.1) is 19.2 Å². The van der Waals surface area contributed by atoms with Crippen molar-refractivity contribution in [3.8, 4) is 11.4 Å². The highest BCUT2D eigenvalue weighted by atomic mass is 15.2. The predicted octanol–water partition coefficient (Wildman–Crippen LogP) is 6.32. The molecule has 1 N–H and O–H groups in total. The quantitative estimate of drug-likeness (QED) is 0.482. The van der Waals surface area contributed by atoms with E-state index < -0.39 is 0 Å². The monoisotopic (exact) mass is 498 g/mol. The maximum atomic E-state index is 5.58. The van der Waals surface area contributed by atoms with E-state index in [0.29, 0.717) is 0 Å². The van der Waals surface area contributed by atoms with Crippen LogP contribution in [0.15, 0.2) is 40.6 Å². The van der Waals surface area contributed by atoms with E-state index in [9.17, 15) is 0 Å². The van der Waals surface area contributed by atoms with Crippen LogP contribution in [0.25, 0.3) is 11.4 Å². The highest BCUT2D eigenvalue weighted by Gasteiger charge is 2.50. The topological polar surface area (TPSA) is 45.6 Å². The van der Waals surface area contributed by atoms with Gasteiger partial charge in [-0.05, 0) is 114 Å². The number of aliphatic imine (C=N–C) groups is 2. The summed E-state index contributed by atoms with van der Waals surface area (Å²) in [5.41, 5.74) is 4.33. The first-order chi connectivity index (χ1) is 18.0. The third kappa shape index (κ3) is 3.82. The van der Waals surface area contributed by atoms with Crippen LogP contribution in [0, 0.1) is 29.6 Å². The van der Waals surface area contributed by atoms with Gasteiger partial charge in [0.1, 0.15) is 30.2 Å². The van der Waals surface area contributed by atoms with Gasteiger partial charge in [-0.25, -0.2) is 19.1 Å². The number of nitrogens with zero attached hydrogens (tertiary/aromatic N) is 4. The molecule has 6 aliphatic carbocycles. The summed E-state index contributed by atoms with van der Waals surface area (Å²) in [6.45, 7) is 5.42. The van der Waals surface area contributed by atoms with Gasteiger partial charge in [-0.15, -0.1) is 0 Å². The van der Waals surface area contributed by atoms with Gasteiger partial charge >= 0.3 is 0 Å². The molecule has 4 bridgehead atoms. The average molecular weight is 499 g/mol. The molecule has 5 nitrogen and oxygen atoms in total. The van der Waals surface area contributed by atoms with Crippen LogP contribution in [0.5, 0.6) is 0 Å². The third-order valence-electron chi connectivity index (χ3n) is 11.2. The Morgan fingerprint density at radius 1 is 0.946 bits per heavy atom. The van der Waals surface area contributed by atoms with E-state index in [-0.39, 0.29) is 17.0 Å². The van der Waals surface area contributed by atoms with Gasteiger partial charge in [0.25, 0.3) is 5.82 Å². The van der Waals surface area contributed by atoms with Crippen LogP contribution in [-0.2, 0) is 13.6 Å². The lowest BCUT2D eigenvalue weighted by Crippen LogP contribution is -2.53. The first kappa shape index (κ1) is 23.7. The van der Waals surface area contributed by atoms with Crippen molar-refractivity contribution in [2.24, 2.45) is 39.7 Å². The van der Waals surface area contributed by atoms with Crippen molar-refractivity contribution >= 4 is 11.7 Å². The molecule has 6 fully saturated rings. The first-order valence-corrected chi connectivity index (χ1v) is 15.1. The van der Waals surface area contributed by atoms with Crippen LogP contribution in [0.2, 0.25) is 0 Å². The molecule has 0 radical (unpaired) electrons. The molecule has 9 rings (SSSR count). The lowest BCUT2D eigenvalue weighted by molar-refractivity contribution is -0.659. The number of fused-ring (bicyclic) bond motifs is 6. The van der Waals surface area contributed by atoms with Gasteiger partial charge < -0.3 is 5.32 Å². The number of imidazole rings is 1. The van der Waals surface area contributed by atoms with Crippen LogP contribution < -0.4 is 9.88 Å². The largest absolute Gasteiger partial charge is 0.328 e. The van der Waals surface area contributed by atoms with E-state index in [1.165, 1.54) is 105 Å². The van der Waals surface area contributed by atoms with Gasteiger partial charge in [0, 0.05) is 16.4 Å². The molecule has 2 heterocycles. The molecule has 1 unspecified atom stereocenters. The number of amidine groups is 2. The summed E-state index contributed by atoms with van der Waals surface area (Å²) in [7, 11) is 2.15. The van der Waals surface area contributed by atoms with Gasteiger partial charge in [-0.2, -0.15) is 0 Å². The van der Waals surface area contributed by atoms with Crippen LogP contribution in [0.3, 0.4) is 0 Å². The molecular weight excluding hydrogens is 454 g/mol. The van der Waals surface area contributed by atoms with Gasteiger partial charge in [-0.1, -0.05) is 12.1 Å². The zero-order valence-electron chi connectivity index (χ0n) is 23.1. The van der Waals surface area contributed by atoms with Crippen molar-refractivity contribution in [2.45, 2.75) is 104 Å². The summed E-state index contributed by atoms with van der Waals surface area (Å²) in [6, 6.07) is 6.96. The Morgan fingerprint density at radius 2 is 1.59 bits per heavy atom. The van der Waals surface area contributed by atoms with E-state index >= 15 is 0 Å². The standard InChI is InChI=1S/C32H44N5/c1-4-37-20-19-36(3)28(37)26-21-25(6-5-22(26)2)27-33-29(31-13-7-23(8-14-31)9-15-31)35-30(34-27)32-16-10-24(11-17-32)12-18-32/h5-6,19-21,23-24,29H,4,7-18H2,1-3H3,(H,33,34,35)/q+1. The van der Waals surface area contributed by atoms with Crippen molar-refractivity contribution in [3.63, 3.8) is 0 Å². The fourth-order valence-electron chi connectivity index (χ4n) is 8.55. The minimum atomic E-state index is 0.0781. The SMILES string of the molecule is CCn1cc[n+](C)c1-c1cc(C2=NC(C34CCC(CC3)CC4)N=C(C34CCC(CC3)CC4)N2)ccc1C. The predicted molar refractivity (Wildman–Crippen MR) is 150 cm³/mol. The lowest BCUT2D eigenvalue weighted by Gasteiger charge is -2.51. The molecule has 1 atom stereocenters. The summed E-state index contributed by atoms with van der Waals surface area (Å²) in [4.78, 5) is 11.1. The molecule has 1 aromatic carbocycles. The molecule has 5 heteroatoms. The summed E-state index contributed by atoms with van der Waals surface area (Å²) < 4.78 is 4.59. The Labute approximate surface area is 222 Å². The van der Waals surface area contributed by atoms with Crippen LogP contribution >= 0.6 is 0 Å². The molecule has 6 saturated carbocycles. The number of rotatable bonds is 5. The third-order valence-corrected chi connectivity index (χ3v) is 11.2. The first-order valence-electron chi connectivity index (χ1n) is 15.1. The highest BCUT2D eigenvalue weighted by molar-refractivity contribution is 6.12. The van der Waals surface area contributed by atoms with Crippen molar-refractivity contribution < 1.29 is 4.57 Å². The molecule has 1 aromatic heterocycles. The second-order valence-electron chi connectivity index (χ2n) is 13.1. The van der Waals surface area contributed by atoms with E-state index in [2.05, 4.69) is 65.9 Å². The molecule has 7 aliphatic rings. The van der Waals surface area contributed by atoms with Crippen molar-refractivity contribution in [3.05, 3.63) is 41.7 Å². The van der Waals surface area contributed by atoms with Crippen molar-refractivity contribution in [1.29, 1.82) is 0 Å². The second kappa shape index (κ2) is 8.81. The Morgan fingerprint density at radius 3 is 2.24 bits per heavy atom. The zero-order chi connectivity index (χ0) is 25.2. The van der Waals surface area contributed by atoms with Crippen molar-refractivity contribution in [1.82, 2.24) is 9.88 Å². The normalized spacial score (nSPS) is 34.7. The molecule has 196 valence electrons. The van der Waals surface area contributed by atoms with E-state index in [0.717, 1.165) is 24.2 Å². The number of benzene rings is 1. The number of aromatic nitrogens is 2. The van der Waals surface area contributed by atoms with Gasteiger partial charge in [-0.3, -0.25) is 0 Å². The van der Waals surface area contributed by atoms with Crippen LogP contribution in [0.4, 0.5) is 0 Å². The Balaban J connectivity index is 1.31. The number of nitrogens with one attached hydrogen (secondary N) is 1. The van der Waals surface area contributed by atoms with Gasteiger partial charge in [0.2, 0.25) is 0 Å². The summed E-state index contributed by atoms with van der Waals surface area (Å²) >= 11 is 0. The summed E-state index contributed by atoms with van der Waals surface area (Å²) in [5.74, 6) is 5.53. The average Bonchev–Trinajstić information content (AvgIpc) is 3.35. The molecule has 2 aromatic rings. The Kier molecular flexibility index (Phi) is 5.64. The minimum absolute atomic E-state index is 0.0781. The lowest BCUT2D eigenvalue weighted by atomic mass is 9.58. The summed E-state index contributed by atoms with van der Waals surface area (Å²) in [5, 5.41) is 3.90. The van der Waals surface area contributed by atoms with Crippen LogP contribution in [-0.4, -0.2) is 22.4 Å². The Bertz CT molecular complexity index is 1220. The Hall–Kier alpha value is -2.43. The number of hydrogen-bond donors (Lipinski definition) is 1. The van der Waals surface area contributed by atoms with Gasteiger partial charge in [0.15, 0.2) is 0 Å². The van der Waals surface area contributed by atoms with E-state index in [1.807, 2.05) is 0 Å². The fraction of sp³-hybridized carbons (Fsp3) is 0.656. The maximum absolute atomic E-state index is 5.58.